The number of hydrogen-bond acceptors (Lipinski definition) is 4. The molecular weight excluding hydrogens is 318 g/mol. The van der Waals surface area contributed by atoms with Crippen molar-refractivity contribution in [2.24, 2.45) is 11.8 Å². The smallest absolute Gasteiger partial charge is 0.240 e. The van der Waals surface area contributed by atoms with Crippen LogP contribution in [0.15, 0.2) is 36.7 Å². The summed E-state index contributed by atoms with van der Waals surface area (Å²) in [6, 6.07) is 8.12. The Morgan fingerprint density at radius 2 is 1.80 bits per heavy atom. The molecule has 0 unspecified atom stereocenters. The number of ether oxygens (including phenoxy) is 1. The van der Waals surface area contributed by atoms with Crippen LogP contribution in [0.4, 0.5) is 5.69 Å². The molecule has 3 aliphatic heterocycles. The molecule has 0 radical (unpaired) electrons. The molecule has 0 N–H and O–H groups in total. The summed E-state index contributed by atoms with van der Waals surface area (Å²) in [4.78, 5) is 26.9. The van der Waals surface area contributed by atoms with E-state index in [9.17, 15) is 9.59 Å². The standard InChI is InChI=1S/C19H19N3O3/c1-11-4-2-3-5-12(11)9-21-10-13(8-20-21)22-18(23)16-14-6-7-15(25-14)17(16)19(22)24/h2-5,8,10,14-17H,6-7,9H2,1H3/t14-,15-,16-,17-/m1/s1. The van der Waals surface area contributed by atoms with Gasteiger partial charge in [-0.15, -0.1) is 0 Å². The maximum absolute atomic E-state index is 12.8. The van der Waals surface area contributed by atoms with E-state index in [1.54, 1.807) is 17.1 Å². The van der Waals surface area contributed by atoms with E-state index < -0.39 is 0 Å². The molecule has 1 aromatic heterocycles. The van der Waals surface area contributed by atoms with Crippen LogP contribution in [0.3, 0.4) is 0 Å². The van der Waals surface area contributed by atoms with Gasteiger partial charge in [-0.1, -0.05) is 24.3 Å². The molecule has 3 fully saturated rings. The number of hydrogen-bond donors (Lipinski definition) is 0. The zero-order valence-electron chi connectivity index (χ0n) is 14.0. The van der Waals surface area contributed by atoms with Crippen molar-refractivity contribution in [2.45, 2.75) is 38.5 Å². The number of aromatic nitrogens is 2. The van der Waals surface area contributed by atoms with Gasteiger partial charge in [-0.2, -0.15) is 5.10 Å². The van der Waals surface area contributed by atoms with E-state index >= 15 is 0 Å². The van der Waals surface area contributed by atoms with Crippen molar-refractivity contribution in [3.8, 4) is 0 Å². The van der Waals surface area contributed by atoms with Gasteiger partial charge in [0.15, 0.2) is 0 Å². The number of amides is 2. The van der Waals surface area contributed by atoms with Gasteiger partial charge in [0.1, 0.15) is 0 Å². The molecule has 128 valence electrons. The lowest BCUT2D eigenvalue weighted by Gasteiger charge is -2.15. The van der Waals surface area contributed by atoms with Crippen molar-refractivity contribution < 1.29 is 14.3 Å². The van der Waals surface area contributed by atoms with Gasteiger partial charge in [-0.25, -0.2) is 4.90 Å². The van der Waals surface area contributed by atoms with Crippen LogP contribution in [-0.4, -0.2) is 33.8 Å². The summed E-state index contributed by atoms with van der Waals surface area (Å²) in [7, 11) is 0. The van der Waals surface area contributed by atoms with Crippen molar-refractivity contribution in [3.63, 3.8) is 0 Å². The molecule has 6 heteroatoms. The highest BCUT2D eigenvalue weighted by Crippen LogP contribution is 2.49. The van der Waals surface area contributed by atoms with Gasteiger partial charge in [-0.3, -0.25) is 14.3 Å². The highest BCUT2D eigenvalue weighted by atomic mass is 16.5. The fourth-order valence-electron chi connectivity index (χ4n) is 4.48. The van der Waals surface area contributed by atoms with E-state index in [1.807, 2.05) is 12.1 Å². The van der Waals surface area contributed by atoms with E-state index in [-0.39, 0.29) is 35.9 Å². The third kappa shape index (κ3) is 2.10. The van der Waals surface area contributed by atoms with Crippen LogP contribution in [-0.2, 0) is 20.9 Å². The van der Waals surface area contributed by atoms with Gasteiger partial charge < -0.3 is 4.74 Å². The lowest BCUT2D eigenvalue weighted by molar-refractivity contribution is -0.124. The quantitative estimate of drug-likeness (QED) is 0.803. The number of aryl methyl sites for hydroxylation is 1. The van der Waals surface area contributed by atoms with E-state index in [0.29, 0.717) is 12.2 Å². The van der Waals surface area contributed by atoms with Crippen LogP contribution in [0.2, 0.25) is 0 Å². The first kappa shape index (κ1) is 14.8. The summed E-state index contributed by atoms with van der Waals surface area (Å²) in [6.07, 6.45) is 4.98. The molecule has 1 aromatic carbocycles. The molecule has 3 aliphatic rings. The number of anilines is 1. The Balaban J connectivity index is 1.41. The maximum atomic E-state index is 12.8. The van der Waals surface area contributed by atoms with Gasteiger partial charge in [0.2, 0.25) is 11.8 Å². The van der Waals surface area contributed by atoms with Crippen LogP contribution in [0, 0.1) is 18.8 Å². The molecule has 2 bridgehead atoms. The fraction of sp³-hybridized carbons (Fsp3) is 0.421. The van der Waals surface area contributed by atoms with Crippen LogP contribution >= 0.6 is 0 Å². The van der Waals surface area contributed by atoms with E-state index in [2.05, 4.69) is 24.2 Å². The summed E-state index contributed by atoms with van der Waals surface area (Å²) >= 11 is 0. The summed E-state index contributed by atoms with van der Waals surface area (Å²) in [5.41, 5.74) is 2.92. The van der Waals surface area contributed by atoms with Crippen molar-refractivity contribution >= 4 is 17.5 Å². The number of carbonyl (C=O) groups is 2. The van der Waals surface area contributed by atoms with E-state index in [4.69, 9.17) is 4.74 Å². The molecule has 4 atom stereocenters. The highest BCUT2D eigenvalue weighted by Gasteiger charge is 2.62. The monoisotopic (exact) mass is 337 g/mol. The Bertz CT molecular complexity index is 846. The molecule has 4 heterocycles. The number of carbonyl (C=O) groups excluding carboxylic acids is 2. The SMILES string of the molecule is Cc1ccccc1Cn1cc(N2C(=O)[C@H]3[C@H](C2=O)[C@H]2CC[C@H]3O2)cn1. The summed E-state index contributed by atoms with van der Waals surface area (Å²) in [5, 5.41) is 4.35. The van der Waals surface area contributed by atoms with E-state index in [0.717, 1.165) is 12.8 Å². The number of rotatable bonds is 3. The van der Waals surface area contributed by atoms with Crippen molar-refractivity contribution in [3.05, 3.63) is 47.8 Å². The number of fused-ring (bicyclic) bond motifs is 5. The second-order valence-corrected chi connectivity index (χ2v) is 7.18. The predicted molar refractivity (Wildman–Crippen MR) is 89.9 cm³/mol. The first-order valence-electron chi connectivity index (χ1n) is 8.74. The van der Waals surface area contributed by atoms with Gasteiger partial charge in [-0.05, 0) is 30.9 Å². The third-order valence-corrected chi connectivity index (χ3v) is 5.76. The second-order valence-electron chi connectivity index (χ2n) is 7.18. The fourth-order valence-corrected chi connectivity index (χ4v) is 4.48. The van der Waals surface area contributed by atoms with E-state index in [1.165, 1.54) is 16.0 Å². The van der Waals surface area contributed by atoms with Crippen molar-refractivity contribution in [1.82, 2.24) is 9.78 Å². The lowest BCUT2D eigenvalue weighted by Crippen LogP contribution is -2.34. The van der Waals surface area contributed by atoms with Crippen LogP contribution in [0.1, 0.15) is 24.0 Å². The largest absolute Gasteiger partial charge is 0.373 e. The summed E-state index contributed by atoms with van der Waals surface area (Å²) < 4.78 is 7.55. The lowest BCUT2D eigenvalue weighted by atomic mass is 9.81. The number of benzene rings is 1. The molecule has 2 amide bonds. The Morgan fingerprint density at radius 3 is 2.48 bits per heavy atom. The molecule has 6 nitrogen and oxygen atoms in total. The minimum absolute atomic E-state index is 0.0848. The molecule has 2 aromatic rings. The second kappa shape index (κ2) is 5.26. The zero-order chi connectivity index (χ0) is 17.1. The molecule has 0 aliphatic carbocycles. The Morgan fingerprint density at radius 1 is 1.12 bits per heavy atom. The average Bonchev–Trinajstić information content (AvgIpc) is 3.35. The first-order valence-corrected chi connectivity index (χ1v) is 8.74. The summed E-state index contributed by atoms with van der Waals surface area (Å²) in [6.45, 7) is 2.67. The maximum Gasteiger partial charge on any atom is 0.240 e. The van der Waals surface area contributed by atoms with Crippen molar-refractivity contribution in [2.75, 3.05) is 4.90 Å². The first-order chi connectivity index (χ1) is 12.1. The van der Waals surface area contributed by atoms with Crippen LogP contribution in [0.5, 0.6) is 0 Å². The minimum atomic E-state index is -0.300. The van der Waals surface area contributed by atoms with Gasteiger partial charge in [0, 0.05) is 6.20 Å². The average molecular weight is 337 g/mol. The molecular formula is C19H19N3O3. The van der Waals surface area contributed by atoms with Crippen molar-refractivity contribution in [1.29, 1.82) is 0 Å². The Hall–Kier alpha value is -2.47. The van der Waals surface area contributed by atoms with Crippen LogP contribution < -0.4 is 4.90 Å². The Labute approximate surface area is 145 Å². The number of imide groups is 1. The van der Waals surface area contributed by atoms with Gasteiger partial charge >= 0.3 is 0 Å². The normalized spacial score (nSPS) is 30.4. The van der Waals surface area contributed by atoms with Gasteiger partial charge in [0.05, 0.1) is 42.5 Å². The number of nitrogens with zero attached hydrogens (tertiary/aromatic N) is 3. The molecule has 5 rings (SSSR count). The third-order valence-electron chi connectivity index (χ3n) is 5.76. The molecule has 0 saturated carbocycles. The molecule has 0 spiro atoms. The zero-order valence-corrected chi connectivity index (χ0v) is 14.0. The predicted octanol–water partition coefficient (Wildman–Crippen LogP) is 1.91. The van der Waals surface area contributed by atoms with Crippen LogP contribution in [0.25, 0.3) is 0 Å². The molecule has 25 heavy (non-hydrogen) atoms. The topological polar surface area (TPSA) is 64.4 Å². The Kier molecular flexibility index (Phi) is 3.12. The minimum Gasteiger partial charge on any atom is -0.373 e. The molecule has 3 saturated heterocycles. The summed E-state index contributed by atoms with van der Waals surface area (Å²) in [5.74, 6) is -0.854. The highest BCUT2D eigenvalue weighted by molar-refractivity contribution is 6.22. The van der Waals surface area contributed by atoms with Gasteiger partial charge in [0.25, 0.3) is 0 Å².